The van der Waals surface area contributed by atoms with Crippen molar-refractivity contribution >= 4 is 29.6 Å². The molecule has 0 spiro atoms. The topological polar surface area (TPSA) is 81.7 Å². The number of ether oxygens (including phenoxy) is 2. The summed E-state index contributed by atoms with van der Waals surface area (Å²) >= 11 is 0. The van der Waals surface area contributed by atoms with E-state index < -0.39 is 24.5 Å². The summed E-state index contributed by atoms with van der Waals surface area (Å²) in [6, 6.07) is 10.3. The third kappa shape index (κ3) is 6.07. The Balaban J connectivity index is 1.89. The van der Waals surface area contributed by atoms with Crippen molar-refractivity contribution in [3.63, 3.8) is 0 Å². The highest BCUT2D eigenvalue weighted by molar-refractivity contribution is 5.97. The lowest BCUT2D eigenvalue weighted by molar-refractivity contribution is -0.142. The molecule has 0 saturated heterocycles. The van der Waals surface area contributed by atoms with Gasteiger partial charge < -0.3 is 14.8 Å². The summed E-state index contributed by atoms with van der Waals surface area (Å²) in [7, 11) is 1.26. The van der Waals surface area contributed by atoms with E-state index in [1.54, 1.807) is 19.1 Å². The number of benzene rings is 2. The molecule has 0 aliphatic rings. The number of esters is 2. The molecular formula is C20H18FNO5. The van der Waals surface area contributed by atoms with Gasteiger partial charge in [-0.3, -0.25) is 4.79 Å². The summed E-state index contributed by atoms with van der Waals surface area (Å²) in [5, 5.41) is 2.58. The van der Waals surface area contributed by atoms with Crippen LogP contribution in [0, 0.1) is 12.7 Å². The number of amides is 1. The second kappa shape index (κ2) is 9.28. The molecule has 2 rings (SSSR count). The van der Waals surface area contributed by atoms with Crippen molar-refractivity contribution < 1.29 is 28.2 Å². The maximum absolute atomic E-state index is 12.8. The van der Waals surface area contributed by atoms with Crippen molar-refractivity contribution in [3.8, 4) is 0 Å². The number of nitrogens with one attached hydrogen (secondary N) is 1. The van der Waals surface area contributed by atoms with Crippen molar-refractivity contribution in [2.24, 2.45) is 0 Å². The minimum absolute atomic E-state index is 0.289. The first kappa shape index (κ1) is 19.8. The van der Waals surface area contributed by atoms with Crippen LogP contribution in [0.3, 0.4) is 0 Å². The summed E-state index contributed by atoms with van der Waals surface area (Å²) in [4.78, 5) is 35.2. The van der Waals surface area contributed by atoms with E-state index in [9.17, 15) is 18.8 Å². The molecule has 1 N–H and O–H groups in total. The second-order valence-corrected chi connectivity index (χ2v) is 5.56. The fraction of sp³-hybridized carbons (Fsp3) is 0.150. The van der Waals surface area contributed by atoms with Crippen molar-refractivity contribution in [2.75, 3.05) is 19.0 Å². The molecule has 0 unspecified atom stereocenters. The van der Waals surface area contributed by atoms with E-state index in [0.29, 0.717) is 11.3 Å². The van der Waals surface area contributed by atoms with Crippen LogP contribution >= 0.6 is 0 Å². The summed E-state index contributed by atoms with van der Waals surface area (Å²) in [5.41, 5.74) is 2.06. The molecule has 0 radical (unpaired) electrons. The zero-order valence-electron chi connectivity index (χ0n) is 14.8. The predicted octanol–water partition coefficient (Wildman–Crippen LogP) is 3.12. The SMILES string of the molecule is COC(=O)c1ccc(C)c(NC(=O)COC(=O)/C=C/c2ccc(F)cc2)c1. The first-order valence-electron chi connectivity index (χ1n) is 7.98. The van der Waals surface area contributed by atoms with Crippen molar-refractivity contribution in [2.45, 2.75) is 6.92 Å². The van der Waals surface area contributed by atoms with E-state index in [1.807, 2.05) is 0 Å². The quantitative estimate of drug-likeness (QED) is 0.623. The average molecular weight is 371 g/mol. The Morgan fingerprint density at radius 1 is 1.11 bits per heavy atom. The maximum atomic E-state index is 12.8. The maximum Gasteiger partial charge on any atom is 0.337 e. The van der Waals surface area contributed by atoms with Gasteiger partial charge in [-0.1, -0.05) is 18.2 Å². The number of carbonyl (C=O) groups is 3. The van der Waals surface area contributed by atoms with Crippen LogP contribution in [0.2, 0.25) is 0 Å². The number of aryl methyl sites for hydroxylation is 1. The smallest absolute Gasteiger partial charge is 0.337 e. The number of anilines is 1. The van der Waals surface area contributed by atoms with Crippen LogP contribution in [-0.4, -0.2) is 31.6 Å². The minimum Gasteiger partial charge on any atom is -0.465 e. The van der Waals surface area contributed by atoms with Gasteiger partial charge in [0.05, 0.1) is 12.7 Å². The number of rotatable bonds is 6. The first-order chi connectivity index (χ1) is 12.9. The number of hydrogen-bond acceptors (Lipinski definition) is 5. The van der Waals surface area contributed by atoms with Crippen LogP contribution in [0.25, 0.3) is 6.08 Å². The van der Waals surface area contributed by atoms with Crippen LogP contribution in [0.5, 0.6) is 0 Å². The highest BCUT2D eigenvalue weighted by Crippen LogP contribution is 2.17. The third-order valence-electron chi connectivity index (χ3n) is 3.56. The molecule has 0 saturated carbocycles. The summed E-state index contributed by atoms with van der Waals surface area (Å²) in [6.45, 7) is 1.27. The molecule has 140 valence electrons. The van der Waals surface area contributed by atoms with Crippen molar-refractivity contribution in [1.29, 1.82) is 0 Å². The first-order valence-corrected chi connectivity index (χ1v) is 7.98. The number of hydrogen-bond donors (Lipinski definition) is 1. The van der Waals surface area contributed by atoms with Crippen LogP contribution < -0.4 is 5.32 Å². The molecule has 0 bridgehead atoms. The largest absolute Gasteiger partial charge is 0.465 e. The number of methoxy groups -OCH3 is 1. The molecule has 7 heteroatoms. The Labute approximate surface area is 155 Å². The van der Waals surface area contributed by atoms with Crippen LogP contribution in [-0.2, 0) is 19.1 Å². The highest BCUT2D eigenvalue weighted by atomic mass is 19.1. The fourth-order valence-corrected chi connectivity index (χ4v) is 2.11. The van der Waals surface area contributed by atoms with E-state index in [4.69, 9.17) is 4.74 Å². The summed E-state index contributed by atoms with van der Waals surface area (Å²) in [6.07, 6.45) is 2.59. The molecule has 0 aromatic heterocycles. The van der Waals surface area contributed by atoms with E-state index >= 15 is 0 Å². The van der Waals surface area contributed by atoms with Crippen LogP contribution in [0.4, 0.5) is 10.1 Å². The third-order valence-corrected chi connectivity index (χ3v) is 3.56. The monoisotopic (exact) mass is 371 g/mol. The number of carbonyl (C=O) groups excluding carboxylic acids is 3. The lowest BCUT2D eigenvalue weighted by Gasteiger charge is -2.10. The van der Waals surface area contributed by atoms with Gasteiger partial charge in [0.15, 0.2) is 6.61 Å². The molecule has 0 aliphatic carbocycles. The Bertz CT molecular complexity index is 874. The molecule has 0 aliphatic heterocycles. The lowest BCUT2D eigenvalue weighted by Crippen LogP contribution is -2.21. The van der Waals surface area contributed by atoms with Gasteiger partial charge in [-0.15, -0.1) is 0 Å². The van der Waals surface area contributed by atoms with Crippen molar-refractivity contribution in [3.05, 3.63) is 71.0 Å². The van der Waals surface area contributed by atoms with Gasteiger partial charge in [0.25, 0.3) is 5.91 Å². The second-order valence-electron chi connectivity index (χ2n) is 5.56. The van der Waals surface area contributed by atoms with Gasteiger partial charge >= 0.3 is 11.9 Å². The molecule has 0 atom stereocenters. The molecule has 1 amide bonds. The van der Waals surface area contributed by atoms with E-state index in [2.05, 4.69) is 10.1 Å². The predicted molar refractivity (Wildman–Crippen MR) is 97.5 cm³/mol. The Hall–Kier alpha value is -3.48. The molecule has 2 aromatic carbocycles. The van der Waals surface area contributed by atoms with E-state index in [1.165, 1.54) is 43.5 Å². The van der Waals surface area contributed by atoms with Crippen LogP contribution in [0.15, 0.2) is 48.5 Å². The van der Waals surface area contributed by atoms with Crippen LogP contribution in [0.1, 0.15) is 21.5 Å². The van der Waals surface area contributed by atoms with E-state index in [-0.39, 0.29) is 11.4 Å². The fourth-order valence-electron chi connectivity index (χ4n) is 2.11. The zero-order valence-corrected chi connectivity index (χ0v) is 14.8. The van der Waals surface area contributed by atoms with Gasteiger partial charge in [0, 0.05) is 11.8 Å². The van der Waals surface area contributed by atoms with E-state index in [0.717, 1.165) is 11.6 Å². The molecule has 0 fully saturated rings. The summed E-state index contributed by atoms with van der Waals surface area (Å²) < 4.78 is 22.3. The molecule has 2 aromatic rings. The van der Waals surface area contributed by atoms with Gasteiger partial charge in [-0.25, -0.2) is 14.0 Å². The van der Waals surface area contributed by atoms with Gasteiger partial charge in [-0.2, -0.15) is 0 Å². The Kier molecular flexibility index (Phi) is 6.82. The molecule has 6 nitrogen and oxygen atoms in total. The van der Waals surface area contributed by atoms with Gasteiger partial charge in [0.2, 0.25) is 0 Å². The summed E-state index contributed by atoms with van der Waals surface area (Å²) in [5.74, 6) is -2.17. The minimum atomic E-state index is -0.713. The Morgan fingerprint density at radius 3 is 2.48 bits per heavy atom. The van der Waals surface area contributed by atoms with Gasteiger partial charge in [0.1, 0.15) is 5.82 Å². The zero-order chi connectivity index (χ0) is 19.8. The average Bonchev–Trinajstić information content (AvgIpc) is 2.67. The molecule has 27 heavy (non-hydrogen) atoms. The highest BCUT2D eigenvalue weighted by Gasteiger charge is 2.11. The molecule has 0 heterocycles. The Morgan fingerprint density at radius 2 is 1.81 bits per heavy atom. The normalized spacial score (nSPS) is 10.5. The lowest BCUT2D eigenvalue weighted by atomic mass is 10.1. The molecular weight excluding hydrogens is 353 g/mol. The van der Waals surface area contributed by atoms with Crippen molar-refractivity contribution in [1.82, 2.24) is 0 Å². The standard InChI is InChI=1S/C20H18FNO5/c1-13-3-7-15(20(25)26-2)11-17(13)22-18(23)12-27-19(24)10-6-14-4-8-16(21)9-5-14/h3-11H,12H2,1-2H3,(H,22,23)/b10-6+. The number of halogens is 1. The van der Waals surface area contributed by atoms with Gasteiger partial charge in [-0.05, 0) is 48.4 Å².